The van der Waals surface area contributed by atoms with E-state index in [1.807, 2.05) is 17.5 Å². The summed E-state index contributed by atoms with van der Waals surface area (Å²) in [6, 6.07) is 6.64. The minimum atomic E-state index is -4.74. The fourth-order valence-electron chi connectivity index (χ4n) is 1.76. The van der Waals surface area contributed by atoms with E-state index >= 15 is 0 Å². The molecular weight excluding hydrogens is 305 g/mol. The van der Waals surface area contributed by atoms with Gasteiger partial charge >= 0.3 is 12.1 Å². The van der Waals surface area contributed by atoms with Gasteiger partial charge in [0.05, 0.1) is 17.7 Å². The lowest BCUT2D eigenvalue weighted by Crippen LogP contribution is -2.13. The van der Waals surface area contributed by atoms with Crippen molar-refractivity contribution in [3.8, 4) is 5.75 Å². The van der Waals surface area contributed by atoms with E-state index in [-0.39, 0.29) is 12.4 Å². The van der Waals surface area contributed by atoms with Crippen molar-refractivity contribution >= 4 is 17.3 Å². The van der Waals surface area contributed by atoms with E-state index in [1.165, 1.54) is 17.4 Å². The van der Waals surface area contributed by atoms with E-state index in [1.54, 1.807) is 0 Å². The number of hydrogen-bond acceptors (Lipinski definition) is 3. The fraction of sp³-hybridized carbons (Fsp3) is 0.214. The van der Waals surface area contributed by atoms with Crippen molar-refractivity contribution in [3.05, 3.63) is 51.7 Å². The quantitative estimate of drug-likeness (QED) is 0.904. The number of halogens is 3. The highest BCUT2D eigenvalue weighted by atomic mass is 32.1. The van der Waals surface area contributed by atoms with Gasteiger partial charge in [0.15, 0.2) is 0 Å². The maximum Gasteiger partial charge on any atom is 0.417 e. The Morgan fingerprint density at radius 2 is 2.05 bits per heavy atom. The molecule has 0 radical (unpaired) electrons. The van der Waals surface area contributed by atoms with E-state index in [2.05, 4.69) is 0 Å². The monoisotopic (exact) mass is 316 g/mol. The molecular formula is C14H11F3O3S. The smallest absolute Gasteiger partial charge is 0.417 e. The zero-order valence-corrected chi connectivity index (χ0v) is 11.5. The molecule has 0 amide bonds. The molecule has 1 heterocycles. The molecule has 0 aliphatic heterocycles. The third-order valence-corrected chi connectivity index (χ3v) is 3.66. The Morgan fingerprint density at radius 3 is 2.62 bits per heavy atom. The number of rotatable bonds is 5. The van der Waals surface area contributed by atoms with Crippen LogP contribution in [0, 0.1) is 0 Å². The number of ether oxygens (including phenoxy) is 1. The Morgan fingerprint density at radius 1 is 1.29 bits per heavy atom. The lowest BCUT2D eigenvalue weighted by atomic mass is 10.1. The topological polar surface area (TPSA) is 46.5 Å². The Kier molecular flexibility index (Phi) is 4.52. The number of carboxylic acid groups (broad SMARTS) is 1. The number of carbonyl (C=O) groups is 1. The summed E-state index contributed by atoms with van der Waals surface area (Å²) >= 11 is 1.53. The molecule has 0 spiro atoms. The van der Waals surface area contributed by atoms with Gasteiger partial charge < -0.3 is 9.84 Å². The number of alkyl halides is 3. The van der Waals surface area contributed by atoms with Crippen molar-refractivity contribution in [1.29, 1.82) is 0 Å². The van der Waals surface area contributed by atoms with Gasteiger partial charge in [-0.25, -0.2) is 4.79 Å². The summed E-state index contributed by atoms with van der Waals surface area (Å²) in [5.41, 5.74) is -1.99. The van der Waals surface area contributed by atoms with Crippen molar-refractivity contribution < 1.29 is 27.8 Å². The Labute approximate surface area is 122 Å². The summed E-state index contributed by atoms with van der Waals surface area (Å²) in [4.78, 5) is 11.9. The number of hydrogen-bond donors (Lipinski definition) is 1. The number of benzene rings is 1. The van der Waals surface area contributed by atoms with E-state index in [4.69, 9.17) is 9.84 Å². The van der Waals surface area contributed by atoms with Crippen LogP contribution in [0.25, 0.3) is 0 Å². The molecule has 21 heavy (non-hydrogen) atoms. The van der Waals surface area contributed by atoms with Crippen molar-refractivity contribution in [1.82, 2.24) is 0 Å². The largest absolute Gasteiger partial charge is 0.493 e. The average Bonchev–Trinajstić information content (AvgIpc) is 2.90. The van der Waals surface area contributed by atoms with E-state index in [9.17, 15) is 18.0 Å². The molecule has 0 aliphatic carbocycles. The van der Waals surface area contributed by atoms with Crippen molar-refractivity contribution in [2.45, 2.75) is 12.6 Å². The predicted molar refractivity (Wildman–Crippen MR) is 71.9 cm³/mol. The number of aromatic carboxylic acids is 1. The first kappa shape index (κ1) is 15.4. The zero-order chi connectivity index (χ0) is 15.5. The highest BCUT2D eigenvalue weighted by Crippen LogP contribution is 2.34. The van der Waals surface area contributed by atoms with Gasteiger partial charge in [-0.15, -0.1) is 11.3 Å². The average molecular weight is 316 g/mol. The first-order valence-electron chi connectivity index (χ1n) is 5.97. The van der Waals surface area contributed by atoms with Gasteiger partial charge in [0, 0.05) is 11.3 Å². The zero-order valence-electron chi connectivity index (χ0n) is 10.7. The summed E-state index contributed by atoms with van der Waals surface area (Å²) in [6.07, 6.45) is -4.15. The Hall–Kier alpha value is -2.02. The molecule has 7 heteroatoms. The fourth-order valence-corrected chi connectivity index (χ4v) is 2.45. The minimum Gasteiger partial charge on any atom is -0.493 e. The van der Waals surface area contributed by atoms with E-state index in [0.717, 1.165) is 17.0 Å². The molecule has 3 nitrogen and oxygen atoms in total. The molecule has 1 N–H and O–H groups in total. The SMILES string of the molecule is O=C(O)c1ccc(OCCc2cccs2)cc1C(F)(F)F. The van der Waals surface area contributed by atoms with Gasteiger partial charge in [0.2, 0.25) is 0 Å². The van der Waals surface area contributed by atoms with Crippen LogP contribution in [0.3, 0.4) is 0 Å². The molecule has 0 saturated heterocycles. The minimum absolute atomic E-state index is 0.00359. The van der Waals surface area contributed by atoms with Crippen LogP contribution in [0.2, 0.25) is 0 Å². The molecule has 0 bridgehead atoms. The molecule has 0 fully saturated rings. The lowest BCUT2D eigenvalue weighted by molar-refractivity contribution is -0.138. The normalized spacial score (nSPS) is 11.4. The summed E-state index contributed by atoms with van der Waals surface area (Å²) in [6.45, 7) is 0.226. The molecule has 0 unspecified atom stereocenters. The van der Waals surface area contributed by atoms with Crippen LogP contribution in [0.15, 0.2) is 35.7 Å². The third-order valence-electron chi connectivity index (χ3n) is 2.72. The van der Waals surface area contributed by atoms with Crippen LogP contribution in [0.1, 0.15) is 20.8 Å². The summed E-state index contributed by atoms with van der Waals surface area (Å²) < 4.78 is 43.7. The van der Waals surface area contributed by atoms with Gasteiger partial charge in [-0.2, -0.15) is 13.2 Å². The second kappa shape index (κ2) is 6.17. The molecule has 0 atom stereocenters. The second-order valence-corrected chi connectivity index (χ2v) is 5.22. The number of thiophene rings is 1. The van der Waals surface area contributed by atoms with Gasteiger partial charge in [-0.1, -0.05) is 6.07 Å². The second-order valence-electron chi connectivity index (χ2n) is 4.19. The van der Waals surface area contributed by atoms with Gasteiger partial charge in [0.1, 0.15) is 5.75 Å². The van der Waals surface area contributed by atoms with E-state index in [0.29, 0.717) is 6.42 Å². The molecule has 1 aromatic heterocycles. The maximum absolute atomic E-state index is 12.8. The van der Waals surface area contributed by atoms with Crippen LogP contribution >= 0.6 is 11.3 Å². The van der Waals surface area contributed by atoms with Gasteiger partial charge in [-0.3, -0.25) is 0 Å². The van der Waals surface area contributed by atoms with Crippen LogP contribution in [0.4, 0.5) is 13.2 Å². The van der Waals surface area contributed by atoms with Crippen molar-refractivity contribution in [2.24, 2.45) is 0 Å². The maximum atomic E-state index is 12.8. The van der Waals surface area contributed by atoms with Gasteiger partial charge in [-0.05, 0) is 29.6 Å². The summed E-state index contributed by atoms with van der Waals surface area (Å²) in [5, 5.41) is 10.7. The van der Waals surface area contributed by atoms with Crippen LogP contribution < -0.4 is 4.74 Å². The molecule has 0 saturated carbocycles. The highest BCUT2D eigenvalue weighted by Gasteiger charge is 2.35. The van der Waals surface area contributed by atoms with E-state index < -0.39 is 23.3 Å². The van der Waals surface area contributed by atoms with Crippen LogP contribution in [-0.2, 0) is 12.6 Å². The third kappa shape index (κ3) is 3.98. The standard InChI is InChI=1S/C14H11F3O3S/c15-14(16,17)12-8-9(3-4-11(12)13(18)19)20-6-5-10-2-1-7-21-10/h1-4,7-8H,5-6H2,(H,18,19). The molecule has 0 aliphatic rings. The predicted octanol–water partition coefficient (Wildman–Crippen LogP) is 4.09. The molecule has 112 valence electrons. The first-order chi connectivity index (χ1) is 9.88. The van der Waals surface area contributed by atoms with Crippen LogP contribution in [0.5, 0.6) is 5.75 Å². The van der Waals surface area contributed by atoms with Gasteiger partial charge in [0.25, 0.3) is 0 Å². The summed E-state index contributed by atoms with van der Waals surface area (Å²) in [7, 11) is 0. The first-order valence-corrected chi connectivity index (χ1v) is 6.85. The summed E-state index contributed by atoms with van der Waals surface area (Å²) in [5.74, 6) is -1.61. The van der Waals surface area contributed by atoms with Crippen LogP contribution in [-0.4, -0.2) is 17.7 Å². The molecule has 1 aromatic carbocycles. The lowest BCUT2D eigenvalue weighted by Gasteiger charge is -2.12. The molecule has 2 aromatic rings. The Bertz CT molecular complexity index is 621. The highest BCUT2D eigenvalue weighted by molar-refractivity contribution is 7.09. The van der Waals surface area contributed by atoms with Crippen molar-refractivity contribution in [3.63, 3.8) is 0 Å². The Balaban J connectivity index is 2.12. The number of carboxylic acids is 1. The van der Waals surface area contributed by atoms with Crippen molar-refractivity contribution in [2.75, 3.05) is 6.61 Å². The molecule has 2 rings (SSSR count).